The van der Waals surface area contributed by atoms with Crippen LogP contribution in [-0.4, -0.2) is 15.5 Å². The lowest BCUT2D eigenvalue weighted by atomic mass is 10.0. The van der Waals surface area contributed by atoms with Gasteiger partial charge in [0, 0.05) is 22.7 Å². The number of imidazole rings is 1. The highest BCUT2D eigenvalue weighted by Crippen LogP contribution is 2.31. The third-order valence-electron chi connectivity index (χ3n) is 5.86. The summed E-state index contributed by atoms with van der Waals surface area (Å²) in [5.41, 5.74) is 5.41. The number of carbonyl (C=O) groups excluding carboxylic acids is 1. The molecule has 1 atom stereocenters. The van der Waals surface area contributed by atoms with Crippen LogP contribution in [0.1, 0.15) is 48.4 Å². The Hall–Kier alpha value is -3.37. The molecule has 5 heteroatoms. The lowest BCUT2D eigenvalue weighted by molar-refractivity contribution is 0.0931. The van der Waals surface area contributed by atoms with Crippen LogP contribution in [0.5, 0.6) is 0 Å². The Labute approximate surface area is 200 Å². The van der Waals surface area contributed by atoms with Gasteiger partial charge in [0.1, 0.15) is 17.2 Å². The van der Waals surface area contributed by atoms with Crippen molar-refractivity contribution in [1.29, 1.82) is 0 Å². The average molecular weight is 458 g/mol. The third kappa shape index (κ3) is 4.86. The zero-order chi connectivity index (χ0) is 23.4. The summed E-state index contributed by atoms with van der Waals surface area (Å²) in [6.07, 6.45) is 0.920. The summed E-state index contributed by atoms with van der Waals surface area (Å²) < 4.78 is 2.01. The molecule has 0 aliphatic rings. The molecule has 0 spiro atoms. The normalized spacial score (nSPS) is 11.9. The molecule has 1 heterocycles. The number of halogens is 1. The van der Waals surface area contributed by atoms with Gasteiger partial charge in [0.2, 0.25) is 0 Å². The molecule has 3 aromatic carbocycles. The van der Waals surface area contributed by atoms with Crippen molar-refractivity contribution in [3.63, 3.8) is 0 Å². The van der Waals surface area contributed by atoms with Crippen molar-refractivity contribution in [2.45, 2.75) is 39.8 Å². The van der Waals surface area contributed by atoms with Gasteiger partial charge in [-0.25, -0.2) is 4.98 Å². The molecule has 0 saturated carbocycles. The number of nitrogens with zero attached hydrogens (tertiary/aromatic N) is 2. The smallest absolute Gasteiger partial charge is 0.270 e. The Balaban J connectivity index is 1.81. The second kappa shape index (κ2) is 10.1. The first-order valence-electron chi connectivity index (χ1n) is 11.3. The van der Waals surface area contributed by atoms with Crippen LogP contribution in [0.25, 0.3) is 22.6 Å². The van der Waals surface area contributed by atoms with Crippen LogP contribution in [0.15, 0.2) is 78.9 Å². The first kappa shape index (κ1) is 22.8. The summed E-state index contributed by atoms with van der Waals surface area (Å²) in [6, 6.07) is 25.7. The number of aromatic nitrogens is 2. The predicted molar refractivity (Wildman–Crippen MR) is 135 cm³/mol. The van der Waals surface area contributed by atoms with Gasteiger partial charge in [-0.1, -0.05) is 79.2 Å². The molecule has 33 heavy (non-hydrogen) atoms. The van der Waals surface area contributed by atoms with E-state index in [1.807, 2.05) is 85.1 Å². The quantitative estimate of drug-likeness (QED) is 0.326. The van der Waals surface area contributed by atoms with Gasteiger partial charge in [0.05, 0.1) is 6.04 Å². The molecule has 1 amide bonds. The Morgan fingerprint density at radius 1 is 0.970 bits per heavy atom. The molecule has 0 fully saturated rings. The molecule has 1 aromatic heterocycles. The number of carbonyl (C=O) groups is 1. The van der Waals surface area contributed by atoms with Crippen molar-refractivity contribution in [3.8, 4) is 22.6 Å². The highest BCUT2D eigenvalue weighted by molar-refractivity contribution is 6.30. The summed E-state index contributed by atoms with van der Waals surface area (Å²) in [7, 11) is 0. The van der Waals surface area contributed by atoms with Crippen molar-refractivity contribution < 1.29 is 4.79 Å². The molecule has 0 aliphatic carbocycles. The van der Waals surface area contributed by atoms with Crippen LogP contribution in [0.2, 0.25) is 5.02 Å². The van der Waals surface area contributed by atoms with E-state index in [4.69, 9.17) is 16.6 Å². The van der Waals surface area contributed by atoms with E-state index in [1.165, 1.54) is 5.56 Å². The number of benzene rings is 3. The van der Waals surface area contributed by atoms with Crippen LogP contribution in [0.4, 0.5) is 0 Å². The zero-order valence-electron chi connectivity index (χ0n) is 19.2. The first-order chi connectivity index (χ1) is 16.0. The van der Waals surface area contributed by atoms with E-state index < -0.39 is 0 Å². The predicted octanol–water partition coefficient (Wildman–Crippen LogP) is 6.94. The molecule has 0 saturated heterocycles. The largest absolute Gasteiger partial charge is 0.344 e. The summed E-state index contributed by atoms with van der Waals surface area (Å²) >= 11 is 6.03. The molecular formula is C28H28ClN3O. The topological polar surface area (TPSA) is 46.9 Å². The molecule has 4 aromatic rings. The fourth-order valence-corrected chi connectivity index (χ4v) is 4.16. The van der Waals surface area contributed by atoms with Crippen LogP contribution >= 0.6 is 11.6 Å². The van der Waals surface area contributed by atoms with Crippen LogP contribution in [0.3, 0.4) is 0 Å². The van der Waals surface area contributed by atoms with Crippen LogP contribution in [-0.2, 0) is 13.0 Å². The third-order valence-corrected chi connectivity index (χ3v) is 6.11. The van der Waals surface area contributed by atoms with Crippen molar-refractivity contribution in [3.05, 3.63) is 101 Å². The number of aryl methyl sites for hydroxylation is 1. The highest BCUT2D eigenvalue weighted by Gasteiger charge is 2.25. The maximum Gasteiger partial charge on any atom is 0.270 e. The molecule has 1 unspecified atom stereocenters. The lowest BCUT2D eigenvalue weighted by Gasteiger charge is -2.17. The average Bonchev–Trinajstić information content (AvgIpc) is 3.25. The molecule has 1 N–H and O–H groups in total. The second-order valence-electron chi connectivity index (χ2n) is 8.04. The maximum absolute atomic E-state index is 13.7. The molecule has 168 valence electrons. The van der Waals surface area contributed by atoms with Gasteiger partial charge < -0.3 is 9.88 Å². The van der Waals surface area contributed by atoms with Crippen LogP contribution < -0.4 is 5.32 Å². The SMILES string of the molecule is CCc1cccc(-c2nc(-c3ccccc3)n(CC)c2C(=O)NC(C)c2ccc(Cl)cc2)c1. The lowest BCUT2D eigenvalue weighted by Crippen LogP contribution is -2.29. The van der Waals surface area contributed by atoms with E-state index in [0.717, 1.165) is 28.9 Å². The highest BCUT2D eigenvalue weighted by atomic mass is 35.5. The van der Waals surface area contributed by atoms with E-state index in [-0.39, 0.29) is 11.9 Å². The number of rotatable bonds is 7. The van der Waals surface area contributed by atoms with E-state index in [1.54, 1.807) is 0 Å². The number of nitrogens with one attached hydrogen (secondary N) is 1. The van der Waals surface area contributed by atoms with Crippen molar-refractivity contribution in [2.75, 3.05) is 0 Å². The van der Waals surface area contributed by atoms with E-state index in [0.29, 0.717) is 23.0 Å². The molecule has 4 nitrogen and oxygen atoms in total. The van der Waals surface area contributed by atoms with E-state index in [9.17, 15) is 4.79 Å². The molecule has 0 bridgehead atoms. The van der Waals surface area contributed by atoms with Gasteiger partial charge in [0.25, 0.3) is 5.91 Å². The van der Waals surface area contributed by atoms with Gasteiger partial charge in [0.15, 0.2) is 0 Å². The number of amides is 1. The summed E-state index contributed by atoms with van der Waals surface area (Å²) in [5.74, 6) is 0.644. The summed E-state index contributed by atoms with van der Waals surface area (Å²) in [4.78, 5) is 18.7. The van der Waals surface area contributed by atoms with Gasteiger partial charge in [-0.3, -0.25) is 4.79 Å². The fourth-order valence-electron chi connectivity index (χ4n) is 4.04. The summed E-state index contributed by atoms with van der Waals surface area (Å²) in [6.45, 7) is 6.77. The van der Waals surface area contributed by atoms with Crippen LogP contribution in [0, 0.1) is 0 Å². The minimum absolute atomic E-state index is 0.147. The zero-order valence-corrected chi connectivity index (χ0v) is 19.9. The Morgan fingerprint density at radius 3 is 2.33 bits per heavy atom. The molecule has 0 radical (unpaired) electrons. The monoisotopic (exact) mass is 457 g/mol. The molecule has 0 aliphatic heterocycles. The van der Waals surface area contributed by atoms with Crippen molar-refractivity contribution >= 4 is 17.5 Å². The number of hydrogen-bond acceptors (Lipinski definition) is 2. The first-order valence-corrected chi connectivity index (χ1v) is 11.7. The van der Waals surface area contributed by atoms with Crippen molar-refractivity contribution in [2.24, 2.45) is 0 Å². The molecule has 4 rings (SSSR count). The van der Waals surface area contributed by atoms with Crippen molar-refractivity contribution in [1.82, 2.24) is 14.9 Å². The maximum atomic E-state index is 13.7. The summed E-state index contributed by atoms with van der Waals surface area (Å²) in [5, 5.41) is 3.84. The van der Waals surface area contributed by atoms with Gasteiger partial charge in [-0.2, -0.15) is 0 Å². The van der Waals surface area contributed by atoms with E-state index >= 15 is 0 Å². The van der Waals surface area contributed by atoms with E-state index in [2.05, 4.69) is 24.4 Å². The minimum atomic E-state index is -0.176. The Morgan fingerprint density at radius 2 is 1.67 bits per heavy atom. The second-order valence-corrected chi connectivity index (χ2v) is 8.48. The van der Waals surface area contributed by atoms with Gasteiger partial charge in [-0.05, 0) is 49.6 Å². The standard InChI is InChI=1S/C28H28ClN3O/c1-4-20-10-9-13-23(18-20)25-26(28(33)30-19(3)21-14-16-24(29)17-15-21)32(5-2)27(31-25)22-11-7-6-8-12-22/h6-19H,4-5H2,1-3H3,(H,30,33). The van der Waals surface area contributed by atoms with Gasteiger partial charge in [-0.15, -0.1) is 0 Å². The molecular weight excluding hydrogens is 430 g/mol. The Bertz CT molecular complexity index is 1250. The fraction of sp³-hybridized carbons (Fsp3) is 0.214. The van der Waals surface area contributed by atoms with Gasteiger partial charge >= 0.3 is 0 Å². The number of hydrogen-bond donors (Lipinski definition) is 1. The minimum Gasteiger partial charge on any atom is -0.344 e. The Kier molecular flexibility index (Phi) is 6.95.